The summed E-state index contributed by atoms with van der Waals surface area (Å²) in [6.45, 7) is 4.41. The third-order valence-electron chi connectivity index (χ3n) is 6.30. The number of anilines is 1. The van der Waals surface area contributed by atoms with Gasteiger partial charge in [0.05, 0.1) is 24.0 Å². The first kappa shape index (κ1) is 19.6. The molecule has 1 aromatic carbocycles. The summed E-state index contributed by atoms with van der Waals surface area (Å²) in [6.07, 6.45) is 6.58. The van der Waals surface area contributed by atoms with Crippen LogP contribution in [0.25, 0.3) is 0 Å². The molecule has 154 valence electrons. The highest BCUT2D eigenvalue weighted by atomic mass is 16.2. The van der Waals surface area contributed by atoms with Crippen molar-refractivity contribution in [1.82, 2.24) is 19.6 Å². The van der Waals surface area contributed by atoms with Crippen molar-refractivity contribution in [3.05, 3.63) is 47.8 Å². The zero-order valence-electron chi connectivity index (χ0n) is 17.5. The van der Waals surface area contributed by atoms with Crippen molar-refractivity contribution in [2.45, 2.75) is 31.7 Å². The van der Waals surface area contributed by atoms with Crippen LogP contribution in [0, 0.1) is 0 Å². The van der Waals surface area contributed by atoms with Gasteiger partial charge in [0, 0.05) is 38.4 Å². The maximum atomic E-state index is 13.1. The van der Waals surface area contributed by atoms with Gasteiger partial charge in [0.2, 0.25) is 5.91 Å². The number of carbonyl (C=O) groups excluding carboxylic acids is 2. The molecule has 4 rings (SSSR count). The lowest BCUT2D eigenvalue weighted by Gasteiger charge is -2.46. The Morgan fingerprint density at radius 1 is 1.17 bits per heavy atom. The van der Waals surface area contributed by atoms with Crippen LogP contribution in [-0.4, -0.2) is 70.2 Å². The van der Waals surface area contributed by atoms with Gasteiger partial charge < -0.3 is 9.80 Å². The monoisotopic (exact) mass is 395 g/mol. The van der Waals surface area contributed by atoms with Crippen molar-refractivity contribution in [3.63, 3.8) is 0 Å². The molecule has 2 aliphatic rings. The van der Waals surface area contributed by atoms with E-state index in [4.69, 9.17) is 0 Å². The number of hydrogen-bond acceptors (Lipinski definition) is 4. The van der Waals surface area contributed by atoms with E-state index in [1.54, 1.807) is 10.9 Å². The van der Waals surface area contributed by atoms with Crippen molar-refractivity contribution >= 4 is 17.5 Å². The SMILES string of the molecule is CCCc1ccc(C(=O)N2CC[C@@]3(C2)CN(c2cnn(C)c2)C(=O)CN3C)cc1. The molecule has 0 radical (unpaired) electrons. The van der Waals surface area contributed by atoms with Gasteiger partial charge in [-0.3, -0.25) is 19.2 Å². The zero-order valence-corrected chi connectivity index (χ0v) is 17.5. The molecule has 7 nitrogen and oxygen atoms in total. The molecule has 1 aromatic heterocycles. The second kappa shape index (κ2) is 7.63. The standard InChI is InChI=1S/C22H29N5O2/c1-4-5-17-6-8-18(9-7-17)21(29)26-11-10-22(15-26)16-27(20(28)14-24(22)2)19-12-23-25(3)13-19/h6-9,12-13H,4-5,10-11,14-16H2,1-3H3/t22-/m1/s1. The maximum Gasteiger partial charge on any atom is 0.253 e. The number of likely N-dealkylation sites (tertiary alicyclic amines) is 1. The van der Waals surface area contributed by atoms with Crippen LogP contribution >= 0.6 is 0 Å². The van der Waals surface area contributed by atoms with Crippen LogP contribution in [0.1, 0.15) is 35.7 Å². The first-order chi connectivity index (χ1) is 13.9. The van der Waals surface area contributed by atoms with E-state index in [0.717, 1.165) is 30.5 Å². The summed E-state index contributed by atoms with van der Waals surface area (Å²) >= 11 is 0. The molecule has 2 fully saturated rings. The van der Waals surface area contributed by atoms with E-state index in [2.05, 4.69) is 29.1 Å². The Hall–Kier alpha value is -2.67. The highest BCUT2D eigenvalue weighted by molar-refractivity contribution is 5.96. The quantitative estimate of drug-likeness (QED) is 0.794. The van der Waals surface area contributed by atoms with E-state index < -0.39 is 0 Å². The van der Waals surface area contributed by atoms with E-state index in [1.807, 2.05) is 42.2 Å². The zero-order chi connectivity index (χ0) is 20.6. The molecule has 0 saturated carbocycles. The number of aryl methyl sites for hydroxylation is 2. The number of hydrogen-bond donors (Lipinski definition) is 0. The van der Waals surface area contributed by atoms with Gasteiger partial charge >= 0.3 is 0 Å². The van der Waals surface area contributed by atoms with Crippen LogP contribution in [0.15, 0.2) is 36.7 Å². The number of rotatable bonds is 4. The number of aromatic nitrogens is 2. The van der Waals surface area contributed by atoms with Gasteiger partial charge in [-0.1, -0.05) is 25.5 Å². The van der Waals surface area contributed by atoms with Crippen LogP contribution in [0.3, 0.4) is 0 Å². The van der Waals surface area contributed by atoms with Crippen molar-refractivity contribution in [1.29, 1.82) is 0 Å². The highest BCUT2D eigenvalue weighted by Gasteiger charge is 2.48. The molecule has 0 bridgehead atoms. The fraction of sp³-hybridized carbons (Fsp3) is 0.500. The predicted octanol–water partition coefficient (Wildman–Crippen LogP) is 1.94. The van der Waals surface area contributed by atoms with E-state index in [9.17, 15) is 9.59 Å². The molecule has 2 saturated heterocycles. The van der Waals surface area contributed by atoms with Crippen molar-refractivity contribution in [2.24, 2.45) is 7.05 Å². The first-order valence-corrected chi connectivity index (χ1v) is 10.3. The molecule has 0 aliphatic carbocycles. The summed E-state index contributed by atoms with van der Waals surface area (Å²) in [7, 11) is 3.84. The second-order valence-electron chi connectivity index (χ2n) is 8.36. The molecule has 7 heteroatoms. The third kappa shape index (κ3) is 3.67. The molecule has 1 atom stereocenters. The molecule has 1 spiro atoms. The molecule has 2 aromatic rings. The van der Waals surface area contributed by atoms with E-state index in [1.165, 1.54) is 5.56 Å². The summed E-state index contributed by atoms with van der Waals surface area (Å²) in [5.74, 6) is 0.144. The molecule has 0 N–H and O–H groups in total. The molecule has 2 aliphatic heterocycles. The minimum atomic E-state index is -0.221. The molecule has 29 heavy (non-hydrogen) atoms. The lowest BCUT2D eigenvalue weighted by atomic mass is 9.93. The lowest BCUT2D eigenvalue weighted by Crippen LogP contribution is -2.64. The number of likely N-dealkylation sites (N-methyl/N-ethyl adjacent to an activating group) is 1. The average Bonchev–Trinajstić information content (AvgIpc) is 3.33. The Kier molecular flexibility index (Phi) is 5.17. The number of piperazine rings is 1. The van der Waals surface area contributed by atoms with Crippen LogP contribution < -0.4 is 4.90 Å². The predicted molar refractivity (Wildman–Crippen MR) is 112 cm³/mol. The van der Waals surface area contributed by atoms with Gasteiger partial charge in [0.15, 0.2) is 0 Å². The minimum Gasteiger partial charge on any atom is -0.337 e. The molecular formula is C22H29N5O2. The Balaban J connectivity index is 1.50. The van der Waals surface area contributed by atoms with Gasteiger partial charge in [-0.25, -0.2) is 0 Å². The van der Waals surface area contributed by atoms with E-state index in [-0.39, 0.29) is 17.4 Å². The normalized spacial score (nSPS) is 22.7. The van der Waals surface area contributed by atoms with Gasteiger partial charge in [-0.2, -0.15) is 5.10 Å². The van der Waals surface area contributed by atoms with Gasteiger partial charge in [0.25, 0.3) is 5.91 Å². The van der Waals surface area contributed by atoms with Crippen LogP contribution in [-0.2, 0) is 18.3 Å². The molecular weight excluding hydrogens is 366 g/mol. The average molecular weight is 396 g/mol. The topological polar surface area (TPSA) is 61.7 Å². The van der Waals surface area contributed by atoms with Crippen LogP contribution in [0.4, 0.5) is 5.69 Å². The van der Waals surface area contributed by atoms with Crippen LogP contribution in [0.5, 0.6) is 0 Å². The van der Waals surface area contributed by atoms with Gasteiger partial charge in [0.1, 0.15) is 0 Å². The number of nitrogens with zero attached hydrogens (tertiary/aromatic N) is 5. The molecule has 0 unspecified atom stereocenters. The second-order valence-corrected chi connectivity index (χ2v) is 8.36. The van der Waals surface area contributed by atoms with Crippen molar-refractivity contribution in [3.8, 4) is 0 Å². The fourth-order valence-electron chi connectivity index (χ4n) is 4.50. The maximum absolute atomic E-state index is 13.1. The summed E-state index contributed by atoms with van der Waals surface area (Å²) in [5.41, 5.74) is 2.60. The first-order valence-electron chi connectivity index (χ1n) is 10.3. The largest absolute Gasteiger partial charge is 0.337 e. The lowest BCUT2D eigenvalue weighted by molar-refractivity contribution is -0.123. The smallest absolute Gasteiger partial charge is 0.253 e. The van der Waals surface area contributed by atoms with Crippen molar-refractivity contribution < 1.29 is 9.59 Å². The minimum absolute atomic E-state index is 0.0717. The third-order valence-corrected chi connectivity index (χ3v) is 6.30. The van der Waals surface area contributed by atoms with Gasteiger partial charge in [-0.15, -0.1) is 0 Å². The fourth-order valence-corrected chi connectivity index (χ4v) is 4.50. The highest BCUT2D eigenvalue weighted by Crippen LogP contribution is 2.34. The Bertz CT molecular complexity index is 906. The summed E-state index contributed by atoms with van der Waals surface area (Å²) < 4.78 is 1.71. The van der Waals surface area contributed by atoms with E-state index >= 15 is 0 Å². The van der Waals surface area contributed by atoms with Crippen molar-refractivity contribution in [2.75, 3.05) is 38.1 Å². The number of carbonyl (C=O) groups is 2. The Morgan fingerprint density at radius 2 is 1.93 bits per heavy atom. The van der Waals surface area contributed by atoms with Crippen LogP contribution in [0.2, 0.25) is 0 Å². The van der Waals surface area contributed by atoms with Gasteiger partial charge in [-0.05, 0) is 37.6 Å². The Morgan fingerprint density at radius 3 is 2.59 bits per heavy atom. The summed E-state index contributed by atoms with van der Waals surface area (Å²) in [6, 6.07) is 7.99. The molecule has 3 heterocycles. The number of benzene rings is 1. The Labute approximate surface area is 171 Å². The number of amides is 2. The van der Waals surface area contributed by atoms with E-state index in [0.29, 0.717) is 26.2 Å². The molecule has 2 amide bonds. The summed E-state index contributed by atoms with van der Waals surface area (Å²) in [4.78, 5) is 31.6. The summed E-state index contributed by atoms with van der Waals surface area (Å²) in [5, 5.41) is 4.21.